The van der Waals surface area contributed by atoms with Gasteiger partial charge in [-0.3, -0.25) is 9.59 Å². The summed E-state index contributed by atoms with van der Waals surface area (Å²) in [5.74, 6) is -1.08. The van der Waals surface area contributed by atoms with Gasteiger partial charge >= 0.3 is 11.9 Å². The first-order valence-electron chi connectivity index (χ1n) is 13.8. The van der Waals surface area contributed by atoms with Gasteiger partial charge < -0.3 is 9.47 Å². The Morgan fingerprint density at radius 1 is 0.795 bits per heavy atom. The van der Waals surface area contributed by atoms with Gasteiger partial charge in [-0.05, 0) is 65.1 Å². The van der Waals surface area contributed by atoms with E-state index >= 15 is 0 Å². The zero-order chi connectivity index (χ0) is 28.2. The van der Waals surface area contributed by atoms with Crippen molar-refractivity contribution < 1.29 is 19.1 Å². The van der Waals surface area contributed by atoms with Gasteiger partial charge in [0.25, 0.3) is 0 Å². The van der Waals surface area contributed by atoms with Crippen LogP contribution in [-0.2, 0) is 50.1 Å². The third-order valence-electron chi connectivity index (χ3n) is 8.31. The molecule has 3 aromatic carbocycles. The van der Waals surface area contributed by atoms with E-state index in [0.29, 0.717) is 0 Å². The number of carbonyl (C=O) groups excluding carboxylic acids is 2. The van der Waals surface area contributed by atoms with Crippen molar-refractivity contribution in [3.63, 3.8) is 0 Å². The van der Waals surface area contributed by atoms with Gasteiger partial charge in [-0.25, -0.2) is 0 Å². The SMILES string of the molecule is CCCCCCc1c(C)c2c(c(C)c1P(=S)(c1ccccc1)c1ccccc1)CC(C(=O)OC)(C(=O)OC)C2. The van der Waals surface area contributed by atoms with Crippen LogP contribution in [0.25, 0.3) is 0 Å². The lowest BCUT2D eigenvalue weighted by molar-refractivity contribution is -0.168. The first kappa shape index (κ1) is 29.2. The molecule has 0 amide bonds. The number of unbranched alkanes of at least 4 members (excludes halogenated alkanes) is 3. The van der Waals surface area contributed by atoms with Crippen LogP contribution >= 0.6 is 6.04 Å². The maximum Gasteiger partial charge on any atom is 0.323 e. The standard InChI is InChI=1S/C33H39O4PS/c1-6-7-8-15-20-27-23(2)28-21-33(31(34)36-4,32(35)37-5)22-29(28)24(3)30(27)38(39,25-16-11-9-12-17-25)26-18-13-10-14-19-26/h9-14,16-19H,6-8,15,20-22H2,1-5H3. The second kappa shape index (κ2) is 12.2. The van der Waals surface area contributed by atoms with Crippen molar-refractivity contribution in [1.82, 2.24) is 0 Å². The summed E-state index contributed by atoms with van der Waals surface area (Å²) in [6.45, 7) is 6.51. The van der Waals surface area contributed by atoms with Crippen molar-refractivity contribution in [3.05, 3.63) is 88.5 Å². The van der Waals surface area contributed by atoms with E-state index in [2.05, 4.69) is 69.3 Å². The molecule has 0 heterocycles. The van der Waals surface area contributed by atoms with Crippen LogP contribution in [0, 0.1) is 19.3 Å². The maximum absolute atomic E-state index is 13.1. The topological polar surface area (TPSA) is 52.6 Å². The molecule has 0 saturated carbocycles. The van der Waals surface area contributed by atoms with Crippen LogP contribution in [0.5, 0.6) is 0 Å². The number of fused-ring (bicyclic) bond motifs is 1. The van der Waals surface area contributed by atoms with Gasteiger partial charge in [0.2, 0.25) is 0 Å². The fourth-order valence-electron chi connectivity index (χ4n) is 6.23. The lowest BCUT2D eigenvalue weighted by Crippen LogP contribution is -2.42. The second-order valence-electron chi connectivity index (χ2n) is 10.5. The van der Waals surface area contributed by atoms with Crippen molar-refractivity contribution in [3.8, 4) is 0 Å². The third kappa shape index (κ3) is 5.12. The Bertz CT molecular complexity index is 1340. The zero-order valence-electron chi connectivity index (χ0n) is 23.7. The number of carbonyl (C=O) groups is 2. The van der Waals surface area contributed by atoms with Crippen LogP contribution in [0.15, 0.2) is 60.7 Å². The number of rotatable bonds is 10. The van der Waals surface area contributed by atoms with Gasteiger partial charge in [0.05, 0.1) is 14.2 Å². The van der Waals surface area contributed by atoms with Crippen LogP contribution in [0.3, 0.4) is 0 Å². The Kier molecular flexibility index (Phi) is 9.14. The number of ether oxygens (including phenoxy) is 2. The summed E-state index contributed by atoms with van der Waals surface area (Å²) in [7, 11) is 2.68. The summed E-state index contributed by atoms with van der Waals surface area (Å²) in [5.41, 5.74) is 4.27. The van der Waals surface area contributed by atoms with Crippen molar-refractivity contribution in [1.29, 1.82) is 0 Å². The van der Waals surface area contributed by atoms with E-state index in [0.717, 1.165) is 52.1 Å². The highest BCUT2D eigenvalue weighted by Gasteiger charge is 2.54. The molecule has 0 N–H and O–H groups in total. The molecule has 1 aliphatic rings. The molecule has 0 fully saturated rings. The van der Waals surface area contributed by atoms with Gasteiger partial charge in [-0.2, -0.15) is 0 Å². The van der Waals surface area contributed by atoms with Crippen LogP contribution in [-0.4, -0.2) is 26.2 Å². The zero-order valence-corrected chi connectivity index (χ0v) is 25.4. The Labute approximate surface area is 238 Å². The van der Waals surface area contributed by atoms with Crippen LogP contribution in [0.2, 0.25) is 0 Å². The molecule has 0 bridgehead atoms. The fraction of sp³-hybridized carbons (Fsp3) is 0.394. The summed E-state index contributed by atoms with van der Waals surface area (Å²) in [4.78, 5) is 26.3. The van der Waals surface area contributed by atoms with Crippen molar-refractivity contribution in [2.45, 2.75) is 65.7 Å². The van der Waals surface area contributed by atoms with Gasteiger partial charge in [-0.15, -0.1) is 0 Å². The molecule has 0 atom stereocenters. The first-order valence-corrected chi connectivity index (χ1v) is 16.6. The number of benzene rings is 3. The van der Waals surface area contributed by atoms with E-state index < -0.39 is 23.4 Å². The number of methoxy groups -OCH3 is 2. The molecule has 6 heteroatoms. The molecule has 3 aromatic rings. The molecular weight excluding hydrogens is 523 g/mol. The van der Waals surface area contributed by atoms with Crippen LogP contribution in [0.1, 0.15) is 60.4 Å². The number of hydrogen-bond acceptors (Lipinski definition) is 5. The Morgan fingerprint density at radius 3 is 1.74 bits per heavy atom. The molecule has 0 spiro atoms. The lowest BCUT2D eigenvalue weighted by atomic mass is 9.84. The van der Waals surface area contributed by atoms with Crippen molar-refractivity contribution >= 4 is 45.7 Å². The largest absolute Gasteiger partial charge is 0.468 e. The predicted octanol–water partition coefficient (Wildman–Crippen LogP) is 5.61. The minimum Gasteiger partial charge on any atom is -0.468 e. The van der Waals surface area contributed by atoms with Crippen molar-refractivity contribution in [2.24, 2.45) is 5.41 Å². The monoisotopic (exact) mass is 562 g/mol. The smallest absolute Gasteiger partial charge is 0.323 e. The van der Waals surface area contributed by atoms with Gasteiger partial charge in [0.15, 0.2) is 5.41 Å². The fourth-order valence-corrected chi connectivity index (χ4v) is 11.0. The molecule has 0 unspecified atom stereocenters. The number of esters is 2. The van der Waals surface area contributed by atoms with E-state index in [9.17, 15) is 9.59 Å². The highest BCUT2D eigenvalue weighted by molar-refractivity contribution is 8.25. The second-order valence-corrected chi connectivity index (χ2v) is 14.9. The molecule has 0 saturated heterocycles. The van der Waals surface area contributed by atoms with Gasteiger partial charge in [-0.1, -0.05) is 98.7 Å². The highest BCUT2D eigenvalue weighted by Crippen LogP contribution is 2.50. The minimum absolute atomic E-state index is 0.260. The molecule has 0 radical (unpaired) electrons. The van der Waals surface area contributed by atoms with E-state index in [1.165, 1.54) is 37.9 Å². The van der Waals surface area contributed by atoms with E-state index in [-0.39, 0.29) is 12.8 Å². The molecule has 4 nitrogen and oxygen atoms in total. The maximum atomic E-state index is 13.1. The van der Waals surface area contributed by atoms with Crippen LogP contribution < -0.4 is 15.9 Å². The molecule has 1 aliphatic carbocycles. The summed E-state index contributed by atoms with van der Waals surface area (Å²) in [5, 5.41) is 3.51. The number of hydrogen-bond donors (Lipinski definition) is 0. The quantitative estimate of drug-likeness (QED) is 0.139. The summed E-state index contributed by atoms with van der Waals surface area (Å²) in [6, 6.07) is 18.5. The molecule has 0 aliphatic heterocycles. The normalized spacial score (nSPS) is 14.1. The van der Waals surface area contributed by atoms with E-state index in [4.69, 9.17) is 21.3 Å². The van der Waals surface area contributed by atoms with Crippen LogP contribution in [0.4, 0.5) is 0 Å². The summed E-state index contributed by atoms with van der Waals surface area (Å²) >= 11 is 6.84. The van der Waals surface area contributed by atoms with E-state index in [1.54, 1.807) is 0 Å². The average Bonchev–Trinajstić information content (AvgIpc) is 3.40. The molecular formula is C33H39O4PS. The van der Waals surface area contributed by atoms with E-state index in [1.807, 2.05) is 12.1 Å². The van der Waals surface area contributed by atoms with Gasteiger partial charge in [0.1, 0.15) is 0 Å². The molecule has 39 heavy (non-hydrogen) atoms. The van der Waals surface area contributed by atoms with Gasteiger partial charge in [0, 0.05) is 24.2 Å². The molecule has 206 valence electrons. The third-order valence-corrected chi connectivity index (χ3v) is 13.4. The average molecular weight is 563 g/mol. The Hall–Kier alpha value is -2.75. The minimum atomic E-state index is -2.47. The lowest BCUT2D eigenvalue weighted by Gasteiger charge is -2.31. The summed E-state index contributed by atoms with van der Waals surface area (Å²) < 4.78 is 10.4. The Balaban J connectivity index is 2.04. The first-order chi connectivity index (χ1) is 18.8. The Morgan fingerprint density at radius 2 is 1.28 bits per heavy atom. The van der Waals surface area contributed by atoms with Crippen molar-refractivity contribution in [2.75, 3.05) is 14.2 Å². The molecule has 4 rings (SSSR count). The summed E-state index contributed by atoms with van der Waals surface area (Å²) in [6.07, 6.45) is 6.04. The predicted molar refractivity (Wildman–Crippen MR) is 164 cm³/mol. The molecule has 0 aromatic heterocycles. The highest BCUT2D eigenvalue weighted by atomic mass is 32.4.